The van der Waals surface area contributed by atoms with Crippen LogP contribution < -0.4 is 10.6 Å². The zero-order chi connectivity index (χ0) is 19.6. The number of carbonyl (C=O) groups excluding carboxylic acids is 4. The Morgan fingerprint density at radius 2 is 1.59 bits per heavy atom. The molecule has 2 aromatic rings. The van der Waals surface area contributed by atoms with E-state index in [1.165, 1.54) is 6.92 Å². The van der Waals surface area contributed by atoms with Gasteiger partial charge in [0.05, 0.1) is 11.1 Å². The van der Waals surface area contributed by atoms with Crippen molar-refractivity contribution in [3.8, 4) is 0 Å². The SMILES string of the molecule is CC(=O)Nc1ccc(C)c(NC(=O)CCN2C(=O)c3ccccc3C2=O)c1. The lowest BCUT2D eigenvalue weighted by Crippen LogP contribution is -2.32. The average molecular weight is 365 g/mol. The van der Waals surface area contributed by atoms with Crippen molar-refractivity contribution in [2.24, 2.45) is 0 Å². The molecule has 0 aromatic heterocycles. The third kappa shape index (κ3) is 3.87. The monoisotopic (exact) mass is 365 g/mol. The number of nitrogens with zero attached hydrogens (tertiary/aromatic N) is 1. The molecule has 0 saturated carbocycles. The van der Waals surface area contributed by atoms with E-state index < -0.39 is 0 Å². The molecule has 138 valence electrons. The van der Waals surface area contributed by atoms with Gasteiger partial charge in [0.2, 0.25) is 11.8 Å². The van der Waals surface area contributed by atoms with E-state index in [0.29, 0.717) is 22.5 Å². The number of nitrogens with one attached hydrogen (secondary N) is 2. The van der Waals surface area contributed by atoms with Gasteiger partial charge in [0.1, 0.15) is 0 Å². The topological polar surface area (TPSA) is 95.6 Å². The molecule has 0 unspecified atom stereocenters. The fourth-order valence-electron chi connectivity index (χ4n) is 2.91. The van der Waals surface area contributed by atoms with Crippen LogP contribution in [0.2, 0.25) is 0 Å². The highest BCUT2D eigenvalue weighted by Gasteiger charge is 2.34. The third-order valence-electron chi connectivity index (χ3n) is 4.27. The molecule has 0 bridgehead atoms. The summed E-state index contributed by atoms with van der Waals surface area (Å²) in [5, 5.41) is 5.42. The lowest BCUT2D eigenvalue weighted by atomic mass is 10.1. The predicted molar refractivity (Wildman–Crippen MR) is 101 cm³/mol. The highest BCUT2D eigenvalue weighted by atomic mass is 16.2. The van der Waals surface area contributed by atoms with Crippen molar-refractivity contribution in [1.82, 2.24) is 4.90 Å². The predicted octanol–water partition coefficient (Wildman–Crippen LogP) is 2.58. The summed E-state index contributed by atoms with van der Waals surface area (Å²) in [5.41, 5.74) is 2.69. The van der Waals surface area contributed by atoms with E-state index >= 15 is 0 Å². The molecule has 7 nitrogen and oxygen atoms in total. The van der Waals surface area contributed by atoms with Crippen LogP contribution in [0.15, 0.2) is 42.5 Å². The van der Waals surface area contributed by atoms with Crippen molar-refractivity contribution in [2.45, 2.75) is 20.3 Å². The van der Waals surface area contributed by atoms with Crippen LogP contribution in [0.3, 0.4) is 0 Å². The first-order valence-electron chi connectivity index (χ1n) is 8.50. The van der Waals surface area contributed by atoms with Crippen molar-refractivity contribution in [3.63, 3.8) is 0 Å². The van der Waals surface area contributed by atoms with Gasteiger partial charge in [-0.25, -0.2) is 0 Å². The zero-order valence-electron chi connectivity index (χ0n) is 15.0. The van der Waals surface area contributed by atoms with E-state index in [0.717, 1.165) is 10.5 Å². The lowest BCUT2D eigenvalue weighted by Gasteiger charge is -2.14. The number of hydrogen-bond acceptors (Lipinski definition) is 4. The van der Waals surface area contributed by atoms with Crippen molar-refractivity contribution >= 4 is 35.0 Å². The summed E-state index contributed by atoms with van der Waals surface area (Å²) < 4.78 is 0. The van der Waals surface area contributed by atoms with Gasteiger partial charge in [-0.15, -0.1) is 0 Å². The van der Waals surface area contributed by atoms with Crippen molar-refractivity contribution in [3.05, 3.63) is 59.2 Å². The van der Waals surface area contributed by atoms with E-state index in [1.54, 1.807) is 42.5 Å². The third-order valence-corrected chi connectivity index (χ3v) is 4.27. The molecule has 0 aliphatic carbocycles. The molecular weight excluding hydrogens is 346 g/mol. The van der Waals surface area contributed by atoms with Gasteiger partial charge in [-0.05, 0) is 36.8 Å². The minimum Gasteiger partial charge on any atom is -0.326 e. The van der Waals surface area contributed by atoms with Gasteiger partial charge in [-0.2, -0.15) is 0 Å². The molecule has 1 aliphatic rings. The van der Waals surface area contributed by atoms with Gasteiger partial charge in [0.25, 0.3) is 11.8 Å². The molecule has 2 N–H and O–H groups in total. The number of rotatable bonds is 5. The molecular formula is C20H19N3O4. The molecule has 0 fully saturated rings. The number of amides is 4. The Labute approximate surface area is 156 Å². The summed E-state index contributed by atoms with van der Waals surface area (Å²) in [7, 11) is 0. The molecule has 0 radical (unpaired) electrons. The summed E-state index contributed by atoms with van der Waals surface area (Å²) in [4.78, 5) is 49.2. The number of benzene rings is 2. The Morgan fingerprint density at radius 3 is 2.19 bits per heavy atom. The molecule has 4 amide bonds. The van der Waals surface area contributed by atoms with Gasteiger partial charge in [-0.1, -0.05) is 18.2 Å². The summed E-state index contributed by atoms with van der Waals surface area (Å²) >= 11 is 0. The fourth-order valence-corrected chi connectivity index (χ4v) is 2.91. The van der Waals surface area contributed by atoms with E-state index in [-0.39, 0.29) is 36.6 Å². The second-order valence-electron chi connectivity index (χ2n) is 6.32. The molecule has 0 saturated heterocycles. The zero-order valence-corrected chi connectivity index (χ0v) is 15.0. The molecule has 27 heavy (non-hydrogen) atoms. The molecule has 1 aliphatic heterocycles. The van der Waals surface area contributed by atoms with E-state index in [1.807, 2.05) is 6.92 Å². The van der Waals surface area contributed by atoms with E-state index in [4.69, 9.17) is 0 Å². The maximum atomic E-state index is 12.3. The van der Waals surface area contributed by atoms with Crippen LogP contribution in [0.1, 0.15) is 39.6 Å². The van der Waals surface area contributed by atoms with Gasteiger partial charge in [-0.3, -0.25) is 24.1 Å². The van der Waals surface area contributed by atoms with Gasteiger partial charge < -0.3 is 10.6 Å². The molecule has 7 heteroatoms. The standard InChI is InChI=1S/C20H19N3O4/c1-12-7-8-14(21-13(2)24)11-17(12)22-18(25)9-10-23-19(26)15-5-3-4-6-16(15)20(23)27/h3-8,11H,9-10H2,1-2H3,(H,21,24)(H,22,25). The van der Waals surface area contributed by atoms with Crippen LogP contribution >= 0.6 is 0 Å². The quantitative estimate of drug-likeness (QED) is 0.796. The van der Waals surface area contributed by atoms with Crippen LogP contribution in [-0.4, -0.2) is 35.1 Å². The first-order valence-corrected chi connectivity index (χ1v) is 8.50. The number of aryl methyl sites for hydroxylation is 1. The van der Waals surface area contributed by atoms with Gasteiger partial charge >= 0.3 is 0 Å². The minimum atomic E-state index is -0.382. The van der Waals surface area contributed by atoms with Gasteiger partial charge in [0.15, 0.2) is 0 Å². The molecule has 2 aromatic carbocycles. The van der Waals surface area contributed by atoms with Crippen LogP contribution in [-0.2, 0) is 9.59 Å². The van der Waals surface area contributed by atoms with Crippen LogP contribution in [0.5, 0.6) is 0 Å². The second-order valence-corrected chi connectivity index (χ2v) is 6.32. The van der Waals surface area contributed by atoms with E-state index in [2.05, 4.69) is 10.6 Å². The summed E-state index contributed by atoms with van der Waals surface area (Å²) in [5.74, 6) is -1.30. The fraction of sp³-hybridized carbons (Fsp3) is 0.200. The summed E-state index contributed by atoms with van der Waals surface area (Å²) in [6.07, 6.45) is -0.0186. The number of fused-ring (bicyclic) bond motifs is 1. The van der Waals surface area contributed by atoms with Gasteiger partial charge in [0, 0.05) is 31.3 Å². The normalized spacial score (nSPS) is 12.7. The Kier molecular flexibility index (Phi) is 5.03. The highest BCUT2D eigenvalue weighted by Crippen LogP contribution is 2.23. The lowest BCUT2D eigenvalue weighted by molar-refractivity contribution is -0.116. The molecule has 3 rings (SSSR count). The Bertz CT molecular complexity index is 917. The van der Waals surface area contributed by atoms with Crippen molar-refractivity contribution in [1.29, 1.82) is 0 Å². The van der Waals surface area contributed by atoms with Crippen molar-refractivity contribution in [2.75, 3.05) is 17.2 Å². The number of hydrogen-bond donors (Lipinski definition) is 2. The van der Waals surface area contributed by atoms with Crippen molar-refractivity contribution < 1.29 is 19.2 Å². The largest absolute Gasteiger partial charge is 0.326 e. The molecule has 0 atom stereocenters. The first kappa shape index (κ1) is 18.3. The number of imide groups is 1. The number of carbonyl (C=O) groups is 4. The van der Waals surface area contributed by atoms with Crippen LogP contribution in [0.25, 0.3) is 0 Å². The summed E-state index contributed by atoms with van der Waals surface area (Å²) in [6.45, 7) is 3.24. The Balaban J connectivity index is 1.63. The average Bonchev–Trinajstić information content (AvgIpc) is 2.87. The second kappa shape index (κ2) is 7.41. The van der Waals surface area contributed by atoms with Crippen LogP contribution in [0.4, 0.5) is 11.4 Å². The van der Waals surface area contributed by atoms with E-state index in [9.17, 15) is 19.2 Å². The Hall–Kier alpha value is -3.48. The van der Waals surface area contributed by atoms with Crippen LogP contribution in [0, 0.1) is 6.92 Å². The minimum absolute atomic E-state index is 0.00259. The Morgan fingerprint density at radius 1 is 0.963 bits per heavy atom. The molecule has 1 heterocycles. The first-order chi connectivity index (χ1) is 12.9. The maximum absolute atomic E-state index is 12.3. The highest BCUT2D eigenvalue weighted by molar-refractivity contribution is 6.21. The number of anilines is 2. The summed E-state index contributed by atoms with van der Waals surface area (Å²) in [6, 6.07) is 11.8. The molecule has 0 spiro atoms. The maximum Gasteiger partial charge on any atom is 0.261 e. The smallest absolute Gasteiger partial charge is 0.261 e.